The van der Waals surface area contributed by atoms with E-state index in [0.29, 0.717) is 0 Å². The quantitative estimate of drug-likeness (QED) is 0.315. The minimum Gasteiger partial charge on any atom is -0.329 e. The van der Waals surface area contributed by atoms with Gasteiger partial charge in [0.2, 0.25) is 5.60 Å². The van der Waals surface area contributed by atoms with Crippen molar-refractivity contribution in [2.24, 2.45) is 0 Å². The summed E-state index contributed by atoms with van der Waals surface area (Å²) >= 11 is 0. The van der Waals surface area contributed by atoms with E-state index >= 15 is 0 Å². The number of allylic oxidation sites excluding steroid dienone is 6. The van der Waals surface area contributed by atoms with Crippen LogP contribution in [0.2, 0.25) is 0 Å². The average molecular weight is 419 g/mol. The van der Waals surface area contributed by atoms with E-state index in [1.807, 2.05) is 0 Å². The van der Waals surface area contributed by atoms with Crippen LogP contribution in [-0.4, -0.2) is 34.2 Å². The van der Waals surface area contributed by atoms with Gasteiger partial charge in [-0.2, -0.15) is 0 Å². The molecule has 4 heteroatoms. The maximum absolute atomic E-state index is 6.71. The Labute approximate surface area is 181 Å². The lowest BCUT2D eigenvalue weighted by Gasteiger charge is -2.40. The molecule has 0 saturated carbocycles. The summed E-state index contributed by atoms with van der Waals surface area (Å²) in [5.74, 6) is 0. The fraction of sp³-hybridized carbons (Fsp3) is 0.760. The summed E-state index contributed by atoms with van der Waals surface area (Å²) in [7, 11) is 0.743. The van der Waals surface area contributed by atoms with Crippen LogP contribution in [0, 0.1) is 0 Å². The van der Waals surface area contributed by atoms with Gasteiger partial charge in [0.1, 0.15) is 10.2 Å². The molecule has 3 aliphatic carbocycles. The zero-order valence-electron chi connectivity index (χ0n) is 18.5. The average Bonchev–Trinajstić information content (AvgIpc) is 2.62. The van der Waals surface area contributed by atoms with Crippen LogP contribution in [0.1, 0.15) is 96.3 Å². The second kappa shape index (κ2) is 12.9. The topological polar surface area (TPSA) is 27.7 Å². The van der Waals surface area contributed by atoms with Crippen molar-refractivity contribution in [2.45, 2.75) is 120 Å². The van der Waals surface area contributed by atoms with Gasteiger partial charge in [-0.1, -0.05) is 36.5 Å². The van der Waals surface area contributed by atoms with E-state index in [1.165, 1.54) is 38.5 Å². The summed E-state index contributed by atoms with van der Waals surface area (Å²) in [6.07, 6.45) is 31.6. The van der Waals surface area contributed by atoms with Gasteiger partial charge in [-0.25, -0.2) is 0 Å². The fourth-order valence-corrected chi connectivity index (χ4v) is 5.72. The first-order valence-corrected chi connectivity index (χ1v) is 13.2. The molecule has 0 fully saturated rings. The minimum absolute atomic E-state index is 0.249. The van der Waals surface area contributed by atoms with E-state index in [0.717, 1.165) is 68.0 Å². The molecule has 164 valence electrons. The molecule has 3 nitrogen and oxygen atoms in total. The molecule has 0 bridgehead atoms. The maximum atomic E-state index is 6.71. The Morgan fingerprint density at radius 1 is 0.483 bits per heavy atom. The molecule has 0 aromatic rings. The number of rotatable bonds is 6. The third-order valence-corrected chi connectivity index (χ3v) is 7.01. The third-order valence-electron chi connectivity index (χ3n) is 6.30. The van der Waals surface area contributed by atoms with Crippen molar-refractivity contribution in [3.05, 3.63) is 36.5 Å². The van der Waals surface area contributed by atoms with Crippen LogP contribution in [0.25, 0.3) is 0 Å². The van der Waals surface area contributed by atoms with Crippen LogP contribution in [0.5, 0.6) is 0 Å². The SMILES string of the molecule is [SiH3]C(OC1CCC=CCCC1)(OC1CCC=CCCC1)OC1CCC=CCCC1. The Bertz CT molecular complexity index is 468. The zero-order valence-corrected chi connectivity index (χ0v) is 20.5. The predicted molar refractivity (Wildman–Crippen MR) is 124 cm³/mol. The van der Waals surface area contributed by atoms with Crippen molar-refractivity contribution in [1.29, 1.82) is 0 Å². The second-order valence-corrected chi connectivity index (χ2v) is 10.2. The van der Waals surface area contributed by atoms with E-state index in [2.05, 4.69) is 36.5 Å². The van der Waals surface area contributed by atoms with Gasteiger partial charge in [0, 0.05) is 0 Å². The van der Waals surface area contributed by atoms with Crippen molar-refractivity contribution in [3.8, 4) is 0 Å². The van der Waals surface area contributed by atoms with E-state index in [9.17, 15) is 0 Å². The van der Waals surface area contributed by atoms with Gasteiger partial charge in [-0.15, -0.1) is 0 Å². The molecular weight excluding hydrogens is 376 g/mol. The molecule has 0 radical (unpaired) electrons. The summed E-state index contributed by atoms with van der Waals surface area (Å²) in [4.78, 5) is 0. The highest BCUT2D eigenvalue weighted by Gasteiger charge is 2.36. The first kappa shape index (κ1) is 23.0. The molecule has 0 aromatic heterocycles. The van der Waals surface area contributed by atoms with Gasteiger partial charge in [-0.3, -0.25) is 0 Å². The van der Waals surface area contributed by atoms with Crippen LogP contribution in [0.15, 0.2) is 36.5 Å². The molecule has 3 rings (SSSR count). The monoisotopic (exact) mass is 418 g/mol. The number of hydrogen-bond donors (Lipinski definition) is 0. The maximum Gasteiger partial charge on any atom is 0.246 e. The predicted octanol–water partition coefficient (Wildman–Crippen LogP) is 5.68. The molecule has 3 atom stereocenters. The number of hydrogen-bond acceptors (Lipinski definition) is 3. The minimum atomic E-state index is -0.797. The van der Waals surface area contributed by atoms with Gasteiger partial charge >= 0.3 is 0 Å². The van der Waals surface area contributed by atoms with Crippen molar-refractivity contribution in [1.82, 2.24) is 0 Å². The Balaban J connectivity index is 1.66. The molecule has 0 N–H and O–H groups in total. The Hall–Kier alpha value is -0.683. The molecule has 3 aliphatic rings. The highest BCUT2D eigenvalue weighted by atomic mass is 28.1. The molecular formula is C25H42O3Si. The molecule has 0 saturated heterocycles. The smallest absolute Gasteiger partial charge is 0.246 e. The van der Waals surface area contributed by atoms with Gasteiger partial charge in [0.15, 0.2) is 0 Å². The normalized spacial score (nSPS) is 31.7. The van der Waals surface area contributed by atoms with E-state index in [-0.39, 0.29) is 18.3 Å². The third kappa shape index (κ3) is 8.91. The summed E-state index contributed by atoms with van der Waals surface area (Å²) in [5.41, 5.74) is -0.797. The largest absolute Gasteiger partial charge is 0.329 e. The molecule has 0 amide bonds. The fourth-order valence-electron chi connectivity index (χ4n) is 4.72. The Morgan fingerprint density at radius 2 is 0.793 bits per heavy atom. The van der Waals surface area contributed by atoms with Gasteiger partial charge in [0.25, 0.3) is 0 Å². The Kier molecular flexibility index (Phi) is 10.2. The second-order valence-electron chi connectivity index (χ2n) is 9.02. The summed E-state index contributed by atoms with van der Waals surface area (Å²) in [6.45, 7) is 0. The van der Waals surface area contributed by atoms with Crippen LogP contribution in [0.3, 0.4) is 0 Å². The summed E-state index contributed by atoms with van der Waals surface area (Å²) in [5, 5.41) is 0. The molecule has 0 spiro atoms. The van der Waals surface area contributed by atoms with Crippen LogP contribution in [0.4, 0.5) is 0 Å². The lowest BCUT2D eigenvalue weighted by molar-refractivity contribution is -0.370. The van der Waals surface area contributed by atoms with Gasteiger partial charge in [0.05, 0.1) is 18.3 Å². The number of ether oxygens (including phenoxy) is 3. The first-order valence-electron chi connectivity index (χ1n) is 12.2. The van der Waals surface area contributed by atoms with Crippen LogP contribution < -0.4 is 0 Å². The molecule has 29 heavy (non-hydrogen) atoms. The first-order chi connectivity index (χ1) is 14.2. The van der Waals surface area contributed by atoms with E-state index < -0.39 is 5.60 Å². The zero-order chi connectivity index (χ0) is 20.2. The van der Waals surface area contributed by atoms with Crippen LogP contribution in [-0.2, 0) is 14.2 Å². The molecule has 0 aromatic carbocycles. The Morgan fingerprint density at radius 3 is 1.14 bits per heavy atom. The van der Waals surface area contributed by atoms with E-state index in [4.69, 9.17) is 14.2 Å². The molecule has 0 aliphatic heterocycles. The highest BCUT2D eigenvalue weighted by molar-refractivity contribution is 6.12. The summed E-state index contributed by atoms with van der Waals surface area (Å²) < 4.78 is 20.1. The summed E-state index contributed by atoms with van der Waals surface area (Å²) in [6, 6.07) is 0. The standard InChI is InChI=1S/C25H42O3Si/c29-25(26-22-16-10-4-1-5-11-17-22,27-23-18-12-6-2-7-13-19-23)28-24-20-14-8-3-9-15-21-24/h1-4,6,8,22-24H,5,7,9-21H2,29H3. The van der Waals surface area contributed by atoms with Gasteiger partial charge in [-0.05, 0) is 96.3 Å². The van der Waals surface area contributed by atoms with Crippen molar-refractivity contribution >= 4 is 10.2 Å². The van der Waals surface area contributed by atoms with Crippen LogP contribution >= 0.6 is 0 Å². The van der Waals surface area contributed by atoms with Crippen molar-refractivity contribution < 1.29 is 14.2 Å². The van der Waals surface area contributed by atoms with Gasteiger partial charge < -0.3 is 14.2 Å². The van der Waals surface area contributed by atoms with E-state index in [1.54, 1.807) is 0 Å². The lowest BCUT2D eigenvalue weighted by Crippen LogP contribution is -2.48. The highest BCUT2D eigenvalue weighted by Crippen LogP contribution is 2.30. The lowest BCUT2D eigenvalue weighted by atomic mass is 10.0. The molecule has 0 heterocycles. The molecule has 3 unspecified atom stereocenters. The van der Waals surface area contributed by atoms with Crippen molar-refractivity contribution in [2.75, 3.05) is 0 Å². The van der Waals surface area contributed by atoms with Crippen molar-refractivity contribution in [3.63, 3.8) is 0 Å².